The summed E-state index contributed by atoms with van der Waals surface area (Å²) in [6.45, 7) is 4.42. The third-order valence-corrected chi connectivity index (χ3v) is 5.60. The highest BCUT2D eigenvalue weighted by Gasteiger charge is 2.35. The standard InChI is InChI=1S/C15H15NOSi/c1-18(2)15(13-8-5-6-10-16-13)11-12-7-3-4-9-14(12)17-18/h3-11H,1-2H3. The summed E-state index contributed by atoms with van der Waals surface area (Å²) in [6.07, 6.45) is 4.06. The summed E-state index contributed by atoms with van der Waals surface area (Å²) in [4.78, 5) is 4.46. The summed E-state index contributed by atoms with van der Waals surface area (Å²) >= 11 is 0. The van der Waals surface area contributed by atoms with Crippen molar-refractivity contribution in [2.24, 2.45) is 0 Å². The maximum atomic E-state index is 6.22. The lowest BCUT2D eigenvalue weighted by atomic mass is 10.1. The molecule has 3 heteroatoms. The molecule has 2 heterocycles. The van der Waals surface area contributed by atoms with Crippen LogP contribution < -0.4 is 4.43 Å². The van der Waals surface area contributed by atoms with Gasteiger partial charge in [-0.15, -0.1) is 0 Å². The number of benzene rings is 1. The van der Waals surface area contributed by atoms with E-state index in [-0.39, 0.29) is 0 Å². The zero-order chi connectivity index (χ0) is 12.6. The van der Waals surface area contributed by atoms with E-state index in [1.165, 1.54) is 5.20 Å². The summed E-state index contributed by atoms with van der Waals surface area (Å²) < 4.78 is 6.22. The molecular weight excluding hydrogens is 238 g/mol. The molecule has 2 nitrogen and oxygen atoms in total. The van der Waals surface area contributed by atoms with Crippen LogP contribution in [0.4, 0.5) is 0 Å². The van der Waals surface area contributed by atoms with Crippen molar-refractivity contribution in [3.05, 3.63) is 59.9 Å². The first kappa shape index (κ1) is 11.2. The molecule has 1 aromatic carbocycles. The lowest BCUT2D eigenvalue weighted by Gasteiger charge is -2.31. The molecular formula is C15H15NOSi. The lowest BCUT2D eigenvalue weighted by molar-refractivity contribution is 0.561. The van der Waals surface area contributed by atoms with Crippen LogP contribution in [0.1, 0.15) is 11.3 Å². The minimum Gasteiger partial charge on any atom is -0.539 e. The minimum absolute atomic E-state index is 0.994. The van der Waals surface area contributed by atoms with Crippen LogP contribution in [-0.2, 0) is 0 Å². The van der Waals surface area contributed by atoms with Gasteiger partial charge in [0.05, 0.1) is 5.69 Å². The molecule has 0 bridgehead atoms. The van der Waals surface area contributed by atoms with Crippen molar-refractivity contribution in [3.63, 3.8) is 0 Å². The Bertz CT molecular complexity index is 605. The SMILES string of the molecule is C[Si]1(C)Oc2ccccc2C=C1c1ccccn1. The molecule has 3 rings (SSSR count). The van der Waals surface area contributed by atoms with Crippen molar-refractivity contribution in [2.45, 2.75) is 13.1 Å². The zero-order valence-corrected chi connectivity index (χ0v) is 11.6. The number of aromatic nitrogens is 1. The van der Waals surface area contributed by atoms with Crippen molar-refractivity contribution in [3.8, 4) is 5.75 Å². The zero-order valence-electron chi connectivity index (χ0n) is 10.6. The Hall–Kier alpha value is -1.87. The third kappa shape index (κ3) is 1.87. The van der Waals surface area contributed by atoms with E-state index in [0.29, 0.717) is 0 Å². The second-order valence-corrected chi connectivity index (χ2v) is 8.69. The molecule has 0 spiro atoms. The van der Waals surface area contributed by atoms with E-state index in [9.17, 15) is 0 Å². The van der Waals surface area contributed by atoms with E-state index in [1.807, 2.05) is 36.5 Å². The number of fused-ring (bicyclic) bond motifs is 1. The van der Waals surface area contributed by atoms with E-state index in [2.05, 4.69) is 36.3 Å². The molecule has 0 unspecified atom stereocenters. The Balaban J connectivity index is 2.16. The third-order valence-electron chi connectivity index (χ3n) is 3.17. The van der Waals surface area contributed by atoms with Gasteiger partial charge in [-0.1, -0.05) is 24.3 Å². The molecule has 0 saturated heterocycles. The quantitative estimate of drug-likeness (QED) is 0.722. The molecule has 0 atom stereocenters. The maximum Gasteiger partial charge on any atom is 0.279 e. The van der Waals surface area contributed by atoms with E-state index in [1.54, 1.807) is 0 Å². The summed E-state index contributed by atoms with van der Waals surface area (Å²) in [6, 6.07) is 14.2. The molecule has 0 amide bonds. The van der Waals surface area contributed by atoms with Crippen LogP contribution in [0.3, 0.4) is 0 Å². The highest BCUT2D eigenvalue weighted by molar-refractivity contribution is 6.91. The monoisotopic (exact) mass is 253 g/mol. The van der Waals surface area contributed by atoms with E-state index < -0.39 is 8.32 Å². The summed E-state index contributed by atoms with van der Waals surface area (Å²) in [5.74, 6) is 0.994. The van der Waals surface area contributed by atoms with Crippen molar-refractivity contribution < 1.29 is 4.43 Å². The molecule has 0 N–H and O–H groups in total. The van der Waals surface area contributed by atoms with Gasteiger partial charge in [0.25, 0.3) is 8.32 Å². The highest BCUT2D eigenvalue weighted by Crippen LogP contribution is 2.37. The van der Waals surface area contributed by atoms with Crippen molar-refractivity contribution >= 4 is 19.6 Å². The molecule has 90 valence electrons. The number of rotatable bonds is 1. The lowest BCUT2D eigenvalue weighted by Crippen LogP contribution is -2.38. The summed E-state index contributed by atoms with van der Waals surface area (Å²) in [5, 5.41) is 1.25. The van der Waals surface area contributed by atoms with Crippen molar-refractivity contribution in [1.29, 1.82) is 0 Å². The van der Waals surface area contributed by atoms with Crippen LogP contribution in [-0.4, -0.2) is 13.3 Å². The Labute approximate surface area is 108 Å². The Morgan fingerprint density at radius 2 is 1.78 bits per heavy atom. The average molecular weight is 253 g/mol. The molecule has 0 aliphatic carbocycles. The van der Waals surface area contributed by atoms with Gasteiger partial charge in [0.2, 0.25) is 0 Å². The largest absolute Gasteiger partial charge is 0.539 e. The fourth-order valence-corrected chi connectivity index (χ4v) is 4.37. The topological polar surface area (TPSA) is 22.1 Å². The fraction of sp³-hybridized carbons (Fsp3) is 0.133. The highest BCUT2D eigenvalue weighted by atomic mass is 28.4. The van der Waals surface area contributed by atoms with Crippen molar-refractivity contribution in [1.82, 2.24) is 4.98 Å². The predicted octanol–water partition coefficient (Wildman–Crippen LogP) is 3.76. The van der Waals surface area contributed by atoms with Gasteiger partial charge >= 0.3 is 0 Å². The normalized spacial score (nSPS) is 16.4. The van der Waals surface area contributed by atoms with Crippen molar-refractivity contribution in [2.75, 3.05) is 0 Å². The number of para-hydroxylation sites is 1. The first-order valence-corrected chi connectivity index (χ1v) is 8.99. The van der Waals surface area contributed by atoms with Crippen LogP contribution in [0.2, 0.25) is 13.1 Å². The first-order chi connectivity index (χ1) is 8.67. The molecule has 1 aromatic heterocycles. The second-order valence-electron chi connectivity index (χ2n) is 4.92. The van der Waals surface area contributed by atoms with Crippen LogP contribution in [0.5, 0.6) is 5.75 Å². The smallest absolute Gasteiger partial charge is 0.279 e. The van der Waals surface area contributed by atoms with Gasteiger partial charge in [0.15, 0.2) is 0 Å². The Kier molecular flexibility index (Phi) is 2.56. The molecule has 1 aliphatic heterocycles. The second kappa shape index (κ2) is 4.10. The van der Waals surface area contributed by atoms with Gasteiger partial charge in [-0.2, -0.15) is 0 Å². The predicted molar refractivity (Wildman–Crippen MR) is 76.7 cm³/mol. The number of hydrogen-bond acceptors (Lipinski definition) is 2. The van der Waals surface area contributed by atoms with Crippen LogP contribution in [0, 0.1) is 0 Å². The average Bonchev–Trinajstić information content (AvgIpc) is 2.38. The first-order valence-electron chi connectivity index (χ1n) is 6.08. The van der Waals surface area contributed by atoms with Gasteiger partial charge in [0, 0.05) is 17.0 Å². The van der Waals surface area contributed by atoms with Crippen LogP contribution in [0.25, 0.3) is 11.3 Å². The Morgan fingerprint density at radius 3 is 2.56 bits per heavy atom. The van der Waals surface area contributed by atoms with Gasteiger partial charge < -0.3 is 4.43 Å². The molecule has 1 aliphatic rings. The van der Waals surface area contributed by atoms with E-state index in [4.69, 9.17) is 4.43 Å². The van der Waals surface area contributed by atoms with Gasteiger partial charge in [-0.05, 0) is 37.4 Å². The van der Waals surface area contributed by atoms with Crippen LogP contribution in [0.15, 0.2) is 48.7 Å². The molecule has 0 radical (unpaired) electrons. The summed E-state index contributed by atoms with van der Waals surface area (Å²) in [5.41, 5.74) is 2.17. The molecule has 0 fully saturated rings. The number of nitrogens with zero attached hydrogens (tertiary/aromatic N) is 1. The maximum absolute atomic E-state index is 6.22. The molecule has 18 heavy (non-hydrogen) atoms. The van der Waals surface area contributed by atoms with Gasteiger partial charge in [0.1, 0.15) is 5.75 Å². The van der Waals surface area contributed by atoms with E-state index in [0.717, 1.165) is 17.0 Å². The van der Waals surface area contributed by atoms with E-state index >= 15 is 0 Å². The number of hydrogen-bond donors (Lipinski definition) is 0. The number of pyridine rings is 1. The Morgan fingerprint density at radius 1 is 1.00 bits per heavy atom. The van der Waals surface area contributed by atoms with Gasteiger partial charge in [-0.25, -0.2) is 0 Å². The molecule has 2 aromatic rings. The van der Waals surface area contributed by atoms with Gasteiger partial charge in [-0.3, -0.25) is 4.98 Å². The van der Waals surface area contributed by atoms with Crippen LogP contribution >= 0.6 is 0 Å². The molecule has 0 saturated carbocycles. The minimum atomic E-state index is -1.91. The fourth-order valence-electron chi connectivity index (χ4n) is 2.26. The summed E-state index contributed by atoms with van der Waals surface area (Å²) in [7, 11) is -1.91.